The van der Waals surface area contributed by atoms with Gasteiger partial charge in [0.05, 0.1) is 13.2 Å². The number of carbonyl (C=O) groups excluding carboxylic acids is 2. The Labute approximate surface area is 142 Å². The van der Waals surface area contributed by atoms with Crippen LogP contribution in [0.4, 0.5) is 0 Å². The summed E-state index contributed by atoms with van der Waals surface area (Å²) in [5.74, 6) is 0.745. The second kappa shape index (κ2) is 8.34. The molecule has 2 N–H and O–H groups in total. The van der Waals surface area contributed by atoms with Gasteiger partial charge in [0.15, 0.2) is 0 Å². The van der Waals surface area contributed by atoms with E-state index in [4.69, 9.17) is 4.74 Å². The van der Waals surface area contributed by atoms with Crippen molar-refractivity contribution in [1.29, 1.82) is 0 Å². The minimum absolute atomic E-state index is 0.0114. The number of nitrogens with one attached hydrogen (secondary N) is 2. The first-order chi connectivity index (χ1) is 11.5. The fourth-order valence-corrected chi connectivity index (χ4v) is 2.55. The number of hydrogen-bond donors (Lipinski definition) is 2. The maximum atomic E-state index is 12.0. The van der Waals surface area contributed by atoms with E-state index >= 15 is 0 Å². The van der Waals surface area contributed by atoms with Crippen LogP contribution >= 0.6 is 0 Å². The van der Waals surface area contributed by atoms with Crippen molar-refractivity contribution in [2.45, 2.75) is 32.7 Å². The average Bonchev–Trinajstić information content (AvgIpc) is 2.57. The fourth-order valence-electron chi connectivity index (χ4n) is 2.55. The highest BCUT2D eigenvalue weighted by Crippen LogP contribution is 2.24. The van der Waals surface area contributed by atoms with Gasteiger partial charge >= 0.3 is 0 Å². The number of rotatable bonds is 7. The van der Waals surface area contributed by atoms with E-state index < -0.39 is 0 Å². The number of benzene rings is 2. The van der Waals surface area contributed by atoms with Gasteiger partial charge in [-0.1, -0.05) is 18.2 Å². The van der Waals surface area contributed by atoms with Crippen LogP contribution in [0.2, 0.25) is 0 Å². The Hall–Kier alpha value is -2.56. The molecular weight excluding hydrogens is 304 g/mol. The van der Waals surface area contributed by atoms with Gasteiger partial charge in [-0.15, -0.1) is 0 Å². The largest absolute Gasteiger partial charge is 0.497 e. The van der Waals surface area contributed by atoms with Gasteiger partial charge in [0.2, 0.25) is 11.8 Å². The molecule has 0 fully saturated rings. The lowest BCUT2D eigenvalue weighted by Crippen LogP contribution is -2.28. The van der Waals surface area contributed by atoms with Crippen LogP contribution < -0.4 is 15.4 Å². The zero-order valence-corrected chi connectivity index (χ0v) is 14.4. The molecule has 1 atom stereocenters. The molecule has 5 nitrogen and oxygen atoms in total. The van der Waals surface area contributed by atoms with Crippen molar-refractivity contribution >= 4 is 22.6 Å². The van der Waals surface area contributed by atoms with Gasteiger partial charge in [-0.05, 0) is 47.9 Å². The van der Waals surface area contributed by atoms with Crippen molar-refractivity contribution in [3.05, 3.63) is 42.0 Å². The third kappa shape index (κ3) is 4.98. The van der Waals surface area contributed by atoms with Crippen LogP contribution in [0, 0.1) is 0 Å². The molecule has 0 radical (unpaired) electrons. The summed E-state index contributed by atoms with van der Waals surface area (Å²) in [6.07, 6.45) is 1.03. The molecule has 2 rings (SSSR count). The Morgan fingerprint density at radius 3 is 2.54 bits per heavy atom. The molecule has 5 heteroatoms. The predicted molar refractivity (Wildman–Crippen MR) is 95.0 cm³/mol. The topological polar surface area (TPSA) is 67.4 Å². The first-order valence-corrected chi connectivity index (χ1v) is 8.11. The van der Waals surface area contributed by atoms with Crippen molar-refractivity contribution < 1.29 is 14.3 Å². The minimum atomic E-state index is -0.0726. The number of fused-ring (bicyclic) bond motifs is 1. The molecule has 0 saturated heterocycles. The van der Waals surface area contributed by atoms with Crippen LogP contribution in [0.5, 0.6) is 5.75 Å². The van der Waals surface area contributed by atoms with Crippen LogP contribution in [0.25, 0.3) is 10.8 Å². The summed E-state index contributed by atoms with van der Waals surface area (Å²) < 4.78 is 5.23. The summed E-state index contributed by atoms with van der Waals surface area (Å²) in [6.45, 7) is 3.96. The van der Waals surface area contributed by atoms with Crippen LogP contribution in [-0.4, -0.2) is 25.5 Å². The second-order valence-corrected chi connectivity index (χ2v) is 5.85. The highest BCUT2D eigenvalue weighted by atomic mass is 16.5. The van der Waals surface area contributed by atoms with E-state index in [-0.39, 0.29) is 17.9 Å². The van der Waals surface area contributed by atoms with Gasteiger partial charge in [0.25, 0.3) is 0 Å². The zero-order valence-electron chi connectivity index (χ0n) is 14.4. The fraction of sp³-hybridized carbons (Fsp3) is 0.368. The molecule has 2 aromatic carbocycles. The first-order valence-electron chi connectivity index (χ1n) is 8.11. The Bertz CT molecular complexity index is 728. The Balaban J connectivity index is 1.94. The standard InChI is InChI=1S/C19H24N2O3/c1-13(21-19(23)5-4-10-20-14(2)22)15-6-7-17-12-18(24-3)9-8-16(17)11-15/h6-9,11-13H,4-5,10H2,1-3H3,(H,20,22)(H,21,23). The van der Waals surface area contributed by atoms with Crippen LogP contribution in [-0.2, 0) is 9.59 Å². The van der Waals surface area contributed by atoms with Crippen LogP contribution in [0.1, 0.15) is 38.3 Å². The van der Waals surface area contributed by atoms with E-state index in [1.165, 1.54) is 6.92 Å². The molecule has 0 aliphatic heterocycles. The Kier molecular flexibility index (Phi) is 6.18. The van der Waals surface area contributed by atoms with Gasteiger partial charge in [0.1, 0.15) is 5.75 Å². The number of ether oxygens (including phenoxy) is 1. The predicted octanol–water partition coefficient (Wildman–Crippen LogP) is 2.94. The monoisotopic (exact) mass is 328 g/mol. The molecule has 1 unspecified atom stereocenters. The molecule has 0 spiro atoms. The van der Waals surface area contributed by atoms with Crippen LogP contribution in [0.3, 0.4) is 0 Å². The van der Waals surface area contributed by atoms with Crippen molar-refractivity contribution in [3.63, 3.8) is 0 Å². The van der Waals surface area contributed by atoms with E-state index in [0.29, 0.717) is 19.4 Å². The molecule has 128 valence electrons. The Morgan fingerprint density at radius 2 is 1.83 bits per heavy atom. The molecule has 0 heterocycles. The molecule has 0 saturated carbocycles. The lowest BCUT2D eigenvalue weighted by Gasteiger charge is -2.15. The summed E-state index contributed by atoms with van der Waals surface area (Å²) in [5, 5.41) is 7.90. The van der Waals surface area contributed by atoms with Crippen molar-refractivity contribution in [1.82, 2.24) is 10.6 Å². The lowest BCUT2D eigenvalue weighted by molar-refractivity contribution is -0.122. The first kappa shape index (κ1) is 17.8. The number of carbonyl (C=O) groups is 2. The van der Waals surface area contributed by atoms with Crippen molar-refractivity contribution in [3.8, 4) is 5.75 Å². The Morgan fingerprint density at radius 1 is 1.12 bits per heavy atom. The summed E-state index contributed by atoms with van der Waals surface area (Å²) in [4.78, 5) is 22.8. The highest BCUT2D eigenvalue weighted by molar-refractivity contribution is 5.85. The van der Waals surface area contributed by atoms with E-state index in [1.54, 1.807) is 7.11 Å². The minimum Gasteiger partial charge on any atom is -0.497 e. The lowest BCUT2D eigenvalue weighted by atomic mass is 10.0. The van der Waals surface area contributed by atoms with Gasteiger partial charge in [-0.3, -0.25) is 9.59 Å². The molecule has 0 aliphatic rings. The molecule has 0 aromatic heterocycles. The van der Waals surface area contributed by atoms with Crippen LogP contribution in [0.15, 0.2) is 36.4 Å². The third-order valence-corrected chi connectivity index (χ3v) is 3.90. The van der Waals surface area contributed by atoms with E-state index in [9.17, 15) is 9.59 Å². The van der Waals surface area contributed by atoms with E-state index in [0.717, 1.165) is 22.1 Å². The second-order valence-electron chi connectivity index (χ2n) is 5.85. The average molecular weight is 328 g/mol. The maximum absolute atomic E-state index is 12.0. The van der Waals surface area contributed by atoms with Gasteiger partial charge < -0.3 is 15.4 Å². The maximum Gasteiger partial charge on any atom is 0.220 e. The highest BCUT2D eigenvalue weighted by Gasteiger charge is 2.10. The quantitative estimate of drug-likeness (QED) is 0.768. The summed E-state index contributed by atoms with van der Waals surface area (Å²) >= 11 is 0. The smallest absolute Gasteiger partial charge is 0.220 e. The molecule has 0 bridgehead atoms. The van der Waals surface area contributed by atoms with Crippen molar-refractivity contribution in [2.24, 2.45) is 0 Å². The van der Waals surface area contributed by atoms with Gasteiger partial charge in [0, 0.05) is 19.9 Å². The SMILES string of the molecule is COc1ccc2cc(C(C)NC(=O)CCCNC(C)=O)ccc2c1. The molecule has 2 amide bonds. The van der Waals surface area contributed by atoms with Gasteiger partial charge in [-0.2, -0.15) is 0 Å². The van der Waals surface area contributed by atoms with Crippen molar-refractivity contribution in [2.75, 3.05) is 13.7 Å². The summed E-state index contributed by atoms with van der Waals surface area (Å²) in [6, 6.07) is 12.0. The van der Waals surface area contributed by atoms with E-state index in [1.807, 2.05) is 37.3 Å². The van der Waals surface area contributed by atoms with Gasteiger partial charge in [-0.25, -0.2) is 0 Å². The zero-order chi connectivity index (χ0) is 17.5. The molecule has 24 heavy (non-hydrogen) atoms. The number of methoxy groups -OCH3 is 1. The summed E-state index contributed by atoms with van der Waals surface area (Å²) in [7, 11) is 1.65. The molecule has 0 aliphatic carbocycles. The normalized spacial score (nSPS) is 11.8. The molecular formula is C19H24N2O3. The third-order valence-electron chi connectivity index (χ3n) is 3.90. The molecule has 2 aromatic rings. The number of amides is 2. The summed E-state index contributed by atoms with van der Waals surface area (Å²) in [5.41, 5.74) is 1.06. The van der Waals surface area contributed by atoms with E-state index in [2.05, 4.69) is 16.7 Å². The number of hydrogen-bond acceptors (Lipinski definition) is 3.